The molecule has 2 rings (SSSR count). The maximum atomic E-state index is 12.1. The van der Waals surface area contributed by atoms with Crippen molar-refractivity contribution >= 4 is 13.5 Å². The lowest BCUT2D eigenvalue weighted by Gasteiger charge is -2.21. The molecule has 0 fully saturated rings. The summed E-state index contributed by atoms with van der Waals surface area (Å²) in [5.74, 6) is -0.994. The second-order valence-corrected chi connectivity index (χ2v) is 7.87. The Hall–Kier alpha value is -2.10. The minimum atomic E-state index is -3.57. The Morgan fingerprint density at radius 2 is 1.78 bits per heavy atom. The van der Waals surface area contributed by atoms with Crippen molar-refractivity contribution < 1.29 is 19.0 Å². The number of nitrogens with one attached hydrogen (secondary N) is 1. The van der Waals surface area contributed by atoms with Crippen LogP contribution in [0.25, 0.3) is 0 Å². The summed E-state index contributed by atoms with van der Waals surface area (Å²) >= 11 is 0. The van der Waals surface area contributed by atoms with Crippen molar-refractivity contribution in [1.82, 2.24) is 5.32 Å². The van der Waals surface area contributed by atoms with Crippen LogP contribution in [0.2, 0.25) is 0 Å². The highest BCUT2D eigenvalue weighted by Crippen LogP contribution is 2.50. The van der Waals surface area contributed by atoms with Crippen LogP contribution in [0.1, 0.15) is 22.5 Å². The van der Waals surface area contributed by atoms with Gasteiger partial charge in [-0.15, -0.1) is 0 Å². The van der Waals surface area contributed by atoms with E-state index >= 15 is 0 Å². The van der Waals surface area contributed by atoms with E-state index < -0.39 is 19.2 Å². The fourth-order valence-electron chi connectivity index (χ4n) is 2.10. The number of carbonyl (C=O) groups excluding carboxylic acids is 1. The van der Waals surface area contributed by atoms with Crippen LogP contribution in [0, 0.1) is 6.92 Å². The number of alkyl carbamates (subject to hydrolysis) is 1. The number of carbonyl (C=O) groups is 1. The van der Waals surface area contributed by atoms with Gasteiger partial charge >= 0.3 is 6.09 Å². The topological polar surface area (TPSA) is 75.6 Å². The Morgan fingerprint density at radius 3 is 2.35 bits per heavy atom. The van der Waals surface area contributed by atoms with E-state index in [1.54, 1.807) is 12.1 Å². The zero-order valence-corrected chi connectivity index (χ0v) is 14.0. The van der Waals surface area contributed by atoms with Crippen LogP contribution in [0.5, 0.6) is 0 Å². The summed E-state index contributed by atoms with van der Waals surface area (Å²) in [4.78, 5) is 21.9. The second kappa shape index (κ2) is 7.44. The molecule has 0 spiro atoms. The zero-order valence-electron chi connectivity index (χ0n) is 13.1. The molecule has 1 unspecified atom stereocenters. The fraction of sp³-hybridized carbons (Fsp3) is 0.235. The predicted octanol–water partition coefficient (Wildman–Crippen LogP) is 3.82. The molecule has 0 aliphatic rings. The standard InChI is InChI=1S/C17H20NO4P/c1-13-8-10-15(11-9-13)16(23(2,20)21)18-17(19)22-12-14-6-4-3-5-7-14/h3-11,16H,12H2,1-2H3,(H,18,19)(H,20,21)/t16-/m0/s1. The summed E-state index contributed by atoms with van der Waals surface area (Å²) in [7, 11) is -3.57. The van der Waals surface area contributed by atoms with Gasteiger partial charge < -0.3 is 14.9 Å². The lowest BCUT2D eigenvalue weighted by molar-refractivity contribution is 0.138. The van der Waals surface area contributed by atoms with Crippen molar-refractivity contribution in [3.8, 4) is 0 Å². The third-order valence-electron chi connectivity index (χ3n) is 3.34. The molecule has 0 saturated heterocycles. The van der Waals surface area contributed by atoms with E-state index in [0.29, 0.717) is 5.56 Å². The summed E-state index contributed by atoms with van der Waals surface area (Å²) in [5, 5.41) is 2.49. The molecule has 6 heteroatoms. The van der Waals surface area contributed by atoms with Gasteiger partial charge in [-0.2, -0.15) is 0 Å². The Labute approximate surface area is 135 Å². The van der Waals surface area contributed by atoms with E-state index in [-0.39, 0.29) is 6.61 Å². The molecule has 2 N–H and O–H groups in total. The third kappa shape index (κ3) is 5.23. The number of benzene rings is 2. The van der Waals surface area contributed by atoms with E-state index in [1.165, 1.54) is 6.66 Å². The minimum Gasteiger partial charge on any atom is -0.445 e. The van der Waals surface area contributed by atoms with Crippen LogP contribution in [0.3, 0.4) is 0 Å². The van der Waals surface area contributed by atoms with E-state index in [9.17, 15) is 14.3 Å². The summed E-state index contributed by atoms with van der Waals surface area (Å²) in [6, 6.07) is 16.3. The smallest absolute Gasteiger partial charge is 0.408 e. The van der Waals surface area contributed by atoms with Crippen molar-refractivity contribution in [2.75, 3.05) is 6.66 Å². The third-order valence-corrected chi connectivity index (χ3v) is 4.72. The van der Waals surface area contributed by atoms with Crippen LogP contribution < -0.4 is 5.32 Å². The van der Waals surface area contributed by atoms with E-state index in [2.05, 4.69) is 5.32 Å². The SMILES string of the molecule is Cc1ccc([C@@H](NC(=O)OCc2ccccc2)P(C)(=O)O)cc1. The van der Waals surface area contributed by atoms with Gasteiger partial charge in [0.05, 0.1) is 0 Å². The molecule has 0 aliphatic carbocycles. The first-order valence-corrected chi connectivity index (χ1v) is 9.37. The van der Waals surface area contributed by atoms with Gasteiger partial charge in [0.1, 0.15) is 12.4 Å². The van der Waals surface area contributed by atoms with Gasteiger partial charge in [-0.05, 0) is 18.1 Å². The maximum Gasteiger partial charge on any atom is 0.408 e. The van der Waals surface area contributed by atoms with E-state index in [4.69, 9.17) is 4.74 Å². The number of hydrogen-bond acceptors (Lipinski definition) is 3. The minimum absolute atomic E-state index is 0.104. The monoisotopic (exact) mass is 333 g/mol. The largest absolute Gasteiger partial charge is 0.445 e. The molecular weight excluding hydrogens is 313 g/mol. The van der Waals surface area contributed by atoms with Crippen LogP contribution in [0.15, 0.2) is 54.6 Å². The van der Waals surface area contributed by atoms with E-state index in [0.717, 1.165) is 11.1 Å². The zero-order chi connectivity index (χ0) is 16.9. The summed E-state index contributed by atoms with van der Waals surface area (Å²) < 4.78 is 17.2. The van der Waals surface area contributed by atoms with Gasteiger partial charge in [-0.25, -0.2) is 4.79 Å². The Bertz CT molecular complexity index is 694. The molecule has 23 heavy (non-hydrogen) atoms. The molecule has 0 radical (unpaired) electrons. The first-order valence-electron chi connectivity index (χ1n) is 7.20. The molecule has 0 aromatic heterocycles. The highest BCUT2D eigenvalue weighted by atomic mass is 31.2. The molecule has 0 bridgehead atoms. The number of ether oxygens (including phenoxy) is 1. The first-order chi connectivity index (χ1) is 10.9. The molecule has 2 atom stereocenters. The van der Waals surface area contributed by atoms with Gasteiger partial charge in [0.15, 0.2) is 0 Å². The average molecular weight is 333 g/mol. The van der Waals surface area contributed by atoms with Crippen LogP contribution >= 0.6 is 7.37 Å². The molecule has 5 nitrogen and oxygen atoms in total. The lowest BCUT2D eigenvalue weighted by Crippen LogP contribution is -2.29. The number of hydrogen-bond donors (Lipinski definition) is 2. The predicted molar refractivity (Wildman–Crippen MR) is 89.4 cm³/mol. The molecule has 0 aliphatic heterocycles. The van der Waals surface area contributed by atoms with Crippen molar-refractivity contribution in [1.29, 1.82) is 0 Å². The number of aryl methyl sites for hydroxylation is 1. The highest BCUT2D eigenvalue weighted by molar-refractivity contribution is 7.57. The molecule has 2 aromatic rings. The van der Waals surface area contributed by atoms with Crippen LogP contribution in [0.4, 0.5) is 4.79 Å². The summed E-state index contributed by atoms with van der Waals surface area (Å²) in [5.41, 5.74) is 2.45. The molecular formula is C17H20NO4P. The van der Waals surface area contributed by atoms with Crippen molar-refractivity contribution in [3.05, 3.63) is 71.3 Å². The normalized spacial score (nSPS) is 14.6. The van der Waals surface area contributed by atoms with Gasteiger partial charge in [0.2, 0.25) is 7.37 Å². The molecule has 1 amide bonds. The Kier molecular flexibility index (Phi) is 5.59. The Balaban J connectivity index is 2.04. The summed E-state index contributed by atoms with van der Waals surface area (Å²) in [6.45, 7) is 3.24. The first kappa shape index (κ1) is 17.3. The molecule has 0 heterocycles. The van der Waals surface area contributed by atoms with Crippen molar-refractivity contribution in [2.45, 2.75) is 19.3 Å². The number of rotatable bonds is 5. The fourth-order valence-corrected chi connectivity index (χ4v) is 3.18. The quantitative estimate of drug-likeness (QED) is 0.816. The van der Waals surface area contributed by atoms with Crippen LogP contribution in [-0.4, -0.2) is 17.7 Å². The second-order valence-electron chi connectivity index (χ2n) is 5.46. The van der Waals surface area contributed by atoms with Crippen molar-refractivity contribution in [2.24, 2.45) is 0 Å². The lowest BCUT2D eigenvalue weighted by atomic mass is 10.1. The summed E-state index contributed by atoms with van der Waals surface area (Å²) in [6.07, 6.45) is -0.726. The maximum absolute atomic E-state index is 12.1. The Morgan fingerprint density at radius 1 is 1.17 bits per heavy atom. The van der Waals surface area contributed by atoms with Gasteiger partial charge in [-0.3, -0.25) is 4.57 Å². The molecule has 2 aromatic carbocycles. The number of amides is 1. The average Bonchev–Trinajstić information content (AvgIpc) is 2.52. The van der Waals surface area contributed by atoms with Gasteiger partial charge in [0.25, 0.3) is 0 Å². The van der Waals surface area contributed by atoms with E-state index in [1.807, 2.05) is 49.4 Å². The highest BCUT2D eigenvalue weighted by Gasteiger charge is 2.29. The van der Waals surface area contributed by atoms with Crippen LogP contribution in [-0.2, 0) is 15.9 Å². The molecule has 0 saturated carbocycles. The van der Waals surface area contributed by atoms with Gasteiger partial charge in [0, 0.05) is 6.66 Å². The molecule has 122 valence electrons. The van der Waals surface area contributed by atoms with Gasteiger partial charge in [-0.1, -0.05) is 60.2 Å². The van der Waals surface area contributed by atoms with Crippen molar-refractivity contribution in [3.63, 3.8) is 0 Å².